The van der Waals surface area contributed by atoms with Gasteiger partial charge in [-0.15, -0.1) is 0 Å². The summed E-state index contributed by atoms with van der Waals surface area (Å²) < 4.78 is 0. The van der Waals surface area contributed by atoms with Crippen molar-refractivity contribution in [3.8, 4) is 0 Å². The lowest BCUT2D eigenvalue weighted by molar-refractivity contribution is 0.108. The number of rotatable bonds is 4. The van der Waals surface area contributed by atoms with Gasteiger partial charge >= 0.3 is 0 Å². The first kappa shape index (κ1) is 15.3. The third-order valence-electron chi connectivity index (χ3n) is 3.55. The summed E-state index contributed by atoms with van der Waals surface area (Å²) >= 11 is 1.25. The number of hydrogen-bond donors (Lipinski definition) is 0. The van der Waals surface area contributed by atoms with Crippen molar-refractivity contribution in [2.45, 2.75) is 4.90 Å². The van der Waals surface area contributed by atoms with Crippen LogP contribution in [-0.4, -0.2) is 5.12 Å². The molecule has 0 saturated carbocycles. The molecule has 3 aromatic carbocycles. The summed E-state index contributed by atoms with van der Waals surface area (Å²) in [7, 11) is 0. The molecule has 0 N–H and O–H groups in total. The fraction of sp³-hybridized carbons (Fsp3) is 0. The van der Waals surface area contributed by atoms with E-state index in [4.69, 9.17) is 0 Å². The van der Waals surface area contributed by atoms with Crippen LogP contribution in [-0.2, 0) is 0 Å². The fourth-order valence-electron chi connectivity index (χ4n) is 2.33. The van der Waals surface area contributed by atoms with E-state index >= 15 is 0 Å². The largest absolute Gasteiger partial charge is 0.281 e. The van der Waals surface area contributed by atoms with Gasteiger partial charge in [0.05, 0.1) is 0 Å². The Morgan fingerprint density at radius 1 is 0.696 bits per heavy atom. The molecular weight excluding hydrogens is 300 g/mol. The van der Waals surface area contributed by atoms with Gasteiger partial charge in [-0.1, -0.05) is 85.4 Å². The zero-order valence-electron chi connectivity index (χ0n) is 12.6. The van der Waals surface area contributed by atoms with Crippen LogP contribution in [0.25, 0.3) is 5.57 Å². The minimum absolute atomic E-state index is 0.0407. The number of thioether (sulfide) groups is 1. The summed E-state index contributed by atoms with van der Waals surface area (Å²) in [6.07, 6.45) is 0. The van der Waals surface area contributed by atoms with Crippen molar-refractivity contribution < 1.29 is 4.79 Å². The van der Waals surface area contributed by atoms with Crippen molar-refractivity contribution in [1.82, 2.24) is 0 Å². The maximum absolute atomic E-state index is 12.5. The van der Waals surface area contributed by atoms with Crippen molar-refractivity contribution in [3.05, 3.63) is 108 Å². The molecule has 0 aliphatic rings. The molecule has 0 heterocycles. The van der Waals surface area contributed by atoms with Crippen molar-refractivity contribution >= 4 is 22.5 Å². The molecule has 0 saturated heterocycles. The minimum Gasteiger partial charge on any atom is -0.281 e. The van der Waals surface area contributed by atoms with Crippen LogP contribution in [0.2, 0.25) is 0 Å². The monoisotopic (exact) mass is 316 g/mol. The van der Waals surface area contributed by atoms with Crippen LogP contribution in [0.1, 0.15) is 21.5 Å². The summed E-state index contributed by atoms with van der Waals surface area (Å²) in [4.78, 5) is 13.4. The molecule has 0 aliphatic carbocycles. The van der Waals surface area contributed by atoms with Gasteiger partial charge in [-0.2, -0.15) is 0 Å². The predicted octanol–water partition coefficient (Wildman–Crippen LogP) is 5.68. The Bertz CT molecular complexity index is 823. The van der Waals surface area contributed by atoms with E-state index in [1.165, 1.54) is 11.8 Å². The second-order valence-corrected chi connectivity index (χ2v) is 6.11. The second kappa shape index (κ2) is 7.12. The Morgan fingerprint density at radius 3 is 1.87 bits per heavy atom. The lowest BCUT2D eigenvalue weighted by atomic mass is 10.00. The Morgan fingerprint density at radius 2 is 1.22 bits per heavy atom. The molecule has 0 spiro atoms. The first-order chi connectivity index (χ1) is 11.3. The molecule has 1 nitrogen and oxygen atoms in total. The average molecular weight is 316 g/mol. The highest BCUT2D eigenvalue weighted by molar-refractivity contribution is 8.14. The van der Waals surface area contributed by atoms with Gasteiger partial charge in [-0.3, -0.25) is 4.79 Å². The van der Waals surface area contributed by atoms with Crippen molar-refractivity contribution in [1.29, 1.82) is 0 Å². The lowest BCUT2D eigenvalue weighted by Gasteiger charge is -2.11. The number of carbonyl (C=O) groups excluding carboxylic acids is 1. The lowest BCUT2D eigenvalue weighted by Crippen LogP contribution is -1.95. The van der Waals surface area contributed by atoms with E-state index in [-0.39, 0.29) is 5.12 Å². The molecule has 0 amide bonds. The molecule has 0 bridgehead atoms. The molecule has 0 unspecified atom stereocenters. The average Bonchev–Trinajstić information content (AvgIpc) is 2.63. The maximum Gasteiger partial charge on any atom is 0.224 e. The van der Waals surface area contributed by atoms with Crippen molar-refractivity contribution in [3.63, 3.8) is 0 Å². The van der Waals surface area contributed by atoms with Crippen molar-refractivity contribution in [2.75, 3.05) is 0 Å². The SMILES string of the molecule is C=C(c1ccccc1)c1ccccc1SC(=O)c1ccccc1. The second-order valence-electron chi connectivity index (χ2n) is 5.10. The van der Waals surface area contributed by atoms with Gasteiger partial charge in [0.25, 0.3) is 0 Å². The van der Waals surface area contributed by atoms with Crippen LogP contribution in [0, 0.1) is 0 Å². The van der Waals surface area contributed by atoms with Crippen LogP contribution in [0.5, 0.6) is 0 Å². The van der Waals surface area contributed by atoms with Gasteiger partial charge in [0, 0.05) is 10.5 Å². The third-order valence-corrected chi connectivity index (χ3v) is 4.54. The molecule has 112 valence electrons. The maximum atomic E-state index is 12.5. The van der Waals surface area contributed by atoms with Gasteiger partial charge in [0.2, 0.25) is 5.12 Å². The standard InChI is InChI=1S/C21H16OS/c1-16(17-10-4-2-5-11-17)19-14-8-9-15-20(19)23-21(22)18-12-6-3-7-13-18/h2-15H,1H2. The van der Waals surface area contributed by atoms with E-state index < -0.39 is 0 Å². The van der Waals surface area contributed by atoms with Gasteiger partial charge in [-0.05, 0) is 34.5 Å². The van der Waals surface area contributed by atoms with E-state index in [1.54, 1.807) is 0 Å². The van der Waals surface area contributed by atoms with Crippen LogP contribution >= 0.6 is 11.8 Å². The summed E-state index contributed by atoms with van der Waals surface area (Å²) in [5, 5.41) is 0.0407. The summed E-state index contributed by atoms with van der Waals surface area (Å²) in [6.45, 7) is 4.21. The van der Waals surface area contributed by atoms with Gasteiger partial charge in [0.1, 0.15) is 0 Å². The number of hydrogen-bond acceptors (Lipinski definition) is 2. The van der Waals surface area contributed by atoms with E-state index in [9.17, 15) is 4.79 Å². The molecule has 23 heavy (non-hydrogen) atoms. The summed E-state index contributed by atoms with van der Waals surface area (Å²) in [5.74, 6) is 0. The normalized spacial score (nSPS) is 10.3. The molecule has 0 aliphatic heterocycles. The molecule has 3 rings (SSSR count). The summed E-state index contributed by atoms with van der Waals surface area (Å²) in [5.41, 5.74) is 3.69. The van der Waals surface area contributed by atoms with E-state index in [1.807, 2.05) is 84.9 Å². The number of carbonyl (C=O) groups is 1. The van der Waals surface area contributed by atoms with E-state index in [0.29, 0.717) is 5.56 Å². The van der Waals surface area contributed by atoms with E-state index in [0.717, 1.165) is 21.6 Å². The minimum atomic E-state index is 0.0407. The fourth-order valence-corrected chi connectivity index (χ4v) is 3.23. The molecular formula is C21H16OS. The molecule has 2 heteroatoms. The first-order valence-corrected chi connectivity index (χ1v) is 8.18. The smallest absolute Gasteiger partial charge is 0.224 e. The zero-order chi connectivity index (χ0) is 16.1. The predicted molar refractivity (Wildman–Crippen MR) is 97.6 cm³/mol. The Labute approximate surface area is 140 Å². The number of benzene rings is 3. The zero-order valence-corrected chi connectivity index (χ0v) is 13.4. The highest BCUT2D eigenvalue weighted by atomic mass is 32.2. The topological polar surface area (TPSA) is 17.1 Å². The van der Waals surface area contributed by atoms with Crippen LogP contribution in [0.3, 0.4) is 0 Å². The molecule has 0 atom stereocenters. The molecule has 3 aromatic rings. The molecule has 0 fully saturated rings. The molecule has 0 radical (unpaired) electrons. The Balaban J connectivity index is 1.90. The van der Waals surface area contributed by atoms with Crippen LogP contribution < -0.4 is 0 Å². The first-order valence-electron chi connectivity index (χ1n) is 7.36. The van der Waals surface area contributed by atoms with Crippen LogP contribution in [0.15, 0.2) is 96.4 Å². The highest BCUT2D eigenvalue weighted by Gasteiger charge is 2.13. The Kier molecular flexibility index (Phi) is 4.74. The highest BCUT2D eigenvalue weighted by Crippen LogP contribution is 2.32. The van der Waals surface area contributed by atoms with Crippen molar-refractivity contribution in [2.24, 2.45) is 0 Å². The third kappa shape index (κ3) is 3.61. The Hall–Kier alpha value is -2.58. The van der Waals surface area contributed by atoms with Crippen LogP contribution in [0.4, 0.5) is 0 Å². The van der Waals surface area contributed by atoms with Gasteiger partial charge < -0.3 is 0 Å². The van der Waals surface area contributed by atoms with Gasteiger partial charge in [0.15, 0.2) is 0 Å². The summed E-state index contributed by atoms with van der Waals surface area (Å²) in [6, 6.07) is 27.3. The van der Waals surface area contributed by atoms with Gasteiger partial charge in [-0.25, -0.2) is 0 Å². The quantitative estimate of drug-likeness (QED) is 0.576. The van der Waals surface area contributed by atoms with E-state index in [2.05, 4.69) is 6.58 Å². The molecule has 0 aromatic heterocycles.